The Kier molecular flexibility index (Phi) is 8.66. The zero-order chi connectivity index (χ0) is 27.7. The molecule has 0 saturated carbocycles. The lowest BCUT2D eigenvalue weighted by Crippen LogP contribution is -2.60. The van der Waals surface area contributed by atoms with Crippen molar-refractivity contribution in [3.63, 3.8) is 0 Å². The fraction of sp³-hybridized carbons (Fsp3) is 0.593. The number of ketones is 2. The Labute approximate surface area is 217 Å². The zero-order valence-electron chi connectivity index (χ0n) is 22.3. The van der Waals surface area contributed by atoms with E-state index in [1.165, 1.54) is 0 Å². The maximum absolute atomic E-state index is 14.0. The molecular weight excluding hydrogens is 478 g/mol. The van der Waals surface area contributed by atoms with Gasteiger partial charge in [-0.25, -0.2) is 0 Å². The molecule has 37 heavy (non-hydrogen) atoms. The smallest absolute Gasteiger partial charge is 0.225 e. The van der Waals surface area contributed by atoms with Crippen LogP contribution in [-0.2, 0) is 16.0 Å². The van der Waals surface area contributed by atoms with E-state index in [0.29, 0.717) is 24.3 Å². The molecule has 0 saturated heterocycles. The van der Waals surface area contributed by atoms with E-state index in [9.17, 15) is 29.7 Å². The molecule has 10 nitrogen and oxygen atoms in total. The van der Waals surface area contributed by atoms with Gasteiger partial charge in [0, 0.05) is 37.3 Å². The summed E-state index contributed by atoms with van der Waals surface area (Å²) in [5, 5.41) is 33.4. The van der Waals surface area contributed by atoms with E-state index in [0.717, 1.165) is 24.1 Å². The van der Waals surface area contributed by atoms with Gasteiger partial charge in [-0.15, -0.1) is 0 Å². The molecule has 1 aromatic rings. The molecule has 204 valence electrons. The van der Waals surface area contributed by atoms with Crippen LogP contribution in [-0.4, -0.2) is 90.7 Å². The summed E-state index contributed by atoms with van der Waals surface area (Å²) in [6, 6.07) is 2.88. The number of aliphatic hydroxyl groups excluding tert-OH is 2. The van der Waals surface area contributed by atoms with Crippen molar-refractivity contribution in [2.24, 2.45) is 17.6 Å². The molecule has 2 aliphatic carbocycles. The van der Waals surface area contributed by atoms with Crippen LogP contribution in [0.2, 0.25) is 0 Å². The molecule has 0 spiro atoms. The third-order valence-corrected chi connectivity index (χ3v) is 7.58. The highest BCUT2D eigenvalue weighted by Gasteiger charge is 2.58. The number of primary amides is 1. The van der Waals surface area contributed by atoms with E-state index in [2.05, 4.69) is 0 Å². The Balaban J connectivity index is 2.24. The number of Topliss-reactive ketones (excluding diaryl/α,β-unsaturated/α-hetero) is 2. The van der Waals surface area contributed by atoms with Crippen molar-refractivity contribution in [3.8, 4) is 5.75 Å². The Bertz CT molecular complexity index is 1100. The lowest BCUT2D eigenvalue weighted by Gasteiger charge is -2.47. The second-order valence-electron chi connectivity index (χ2n) is 10.4. The molecule has 1 aromatic carbocycles. The Morgan fingerprint density at radius 2 is 1.92 bits per heavy atom. The lowest BCUT2D eigenvalue weighted by atomic mass is 9.61. The molecule has 4 atom stereocenters. The molecule has 2 aliphatic rings. The van der Waals surface area contributed by atoms with E-state index < -0.39 is 59.7 Å². The fourth-order valence-electron chi connectivity index (χ4n) is 5.68. The van der Waals surface area contributed by atoms with Gasteiger partial charge in [-0.2, -0.15) is 0 Å². The van der Waals surface area contributed by atoms with Crippen molar-refractivity contribution >= 4 is 23.2 Å². The number of rotatable bonds is 11. The van der Waals surface area contributed by atoms with Gasteiger partial charge >= 0.3 is 0 Å². The van der Waals surface area contributed by atoms with Crippen LogP contribution in [0.1, 0.15) is 48.5 Å². The number of carbonyl (C=O) groups is 3. The summed E-state index contributed by atoms with van der Waals surface area (Å²) in [6.45, 7) is 2.03. The first-order chi connectivity index (χ1) is 17.4. The average molecular weight is 518 g/mol. The summed E-state index contributed by atoms with van der Waals surface area (Å²) >= 11 is 0. The van der Waals surface area contributed by atoms with Gasteiger partial charge in [-0.05, 0) is 57.0 Å². The number of allylic oxidation sites excluding steroid dienone is 1. The molecular formula is C27H39N3O7. The topological polar surface area (TPSA) is 154 Å². The van der Waals surface area contributed by atoms with Gasteiger partial charge in [0.15, 0.2) is 17.2 Å². The number of hydrogen-bond acceptors (Lipinski definition) is 9. The summed E-state index contributed by atoms with van der Waals surface area (Å²) in [6.07, 6.45) is 1.38. The lowest BCUT2D eigenvalue weighted by molar-refractivity contribution is -0.151. The molecule has 5 N–H and O–H groups in total. The van der Waals surface area contributed by atoms with E-state index >= 15 is 0 Å². The van der Waals surface area contributed by atoms with Crippen LogP contribution in [0.5, 0.6) is 5.75 Å². The normalized spacial score (nSPS) is 23.9. The molecule has 10 heteroatoms. The quantitative estimate of drug-likeness (QED) is 0.251. The predicted octanol–water partition coefficient (Wildman–Crippen LogP) is 1.22. The monoisotopic (exact) mass is 517 g/mol. The molecule has 0 aromatic heterocycles. The number of fused-ring (bicyclic) bond motifs is 2. The largest absolute Gasteiger partial charge is 0.508 e. The van der Waals surface area contributed by atoms with E-state index in [-0.39, 0.29) is 12.0 Å². The summed E-state index contributed by atoms with van der Waals surface area (Å²) in [5.41, 5.74) is 4.53. The SMILES string of the molecule is CCCCOc1ccc(N(C)C)c2c1C(=O)C1=C(O)C(O)(C(=O)CC(N)=O)[C@H]([C@@H](CO)N(C)C)C[C@@H]1C2. The number of benzene rings is 1. The molecule has 3 rings (SSSR count). The number of likely N-dealkylation sites (N-methyl/N-ethyl adjacent to an activating group) is 1. The van der Waals surface area contributed by atoms with Crippen molar-refractivity contribution in [3.05, 3.63) is 34.6 Å². The van der Waals surface area contributed by atoms with Crippen LogP contribution in [0.4, 0.5) is 5.69 Å². The Hall–Kier alpha value is -2.95. The highest BCUT2D eigenvalue weighted by atomic mass is 16.5. The zero-order valence-corrected chi connectivity index (χ0v) is 22.3. The first-order valence-corrected chi connectivity index (χ1v) is 12.7. The van der Waals surface area contributed by atoms with Crippen LogP contribution < -0.4 is 15.4 Å². The highest BCUT2D eigenvalue weighted by molar-refractivity contribution is 6.15. The third kappa shape index (κ3) is 5.10. The second kappa shape index (κ2) is 11.2. The predicted molar refractivity (Wildman–Crippen MR) is 139 cm³/mol. The maximum Gasteiger partial charge on any atom is 0.225 e. The number of anilines is 1. The summed E-state index contributed by atoms with van der Waals surface area (Å²) in [4.78, 5) is 42.4. The maximum atomic E-state index is 14.0. The van der Waals surface area contributed by atoms with Gasteiger partial charge in [-0.1, -0.05) is 13.3 Å². The minimum Gasteiger partial charge on any atom is -0.508 e. The van der Waals surface area contributed by atoms with Gasteiger partial charge in [-0.3, -0.25) is 14.4 Å². The van der Waals surface area contributed by atoms with Crippen molar-refractivity contribution in [2.45, 2.75) is 50.7 Å². The number of unbranched alkanes of at least 4 members (excludes halogenated alkanes) is 1. The van der Waals surface area contributed by atoms with Crippen LogP contribution in [0.3, 0.4) is 0 Å². The number of carbonyl (C=O) groups excluding carboxylic acids is 3. The molecule has 0 radical (unpaired) electrons. The number of nitrogens with two attached hydrogens (primary N) is 1. The second-order valence-corrected chi connectivity index (χ2v) is 10.4. The highest BCUT2D eigenvalue weighted by Crippen LogP contribution is 2.50. The number of aliphatic hydroxyl groups is 3. The summed E-state index contributed by atoms with van der Waals surface area (Å²) in [5.74, 6) is -4.40. The molecule has 0 aliphatic heterocycles. The molecule has 0 bridgehead atoms. The Morgan fingerprint density at radius 3 is 2.46 bits per heavy atom. The first kappa shape index (κ1) is 28.6. The van der Waals surface area contributed by atoms with Crippen molar-refractivity contribution < 1.29 is 34.4 Å². The molecule has 0 heterocycles. The van der Waals surface area contributed by atoms with Crippen molar-refractivity contribution in [2.75, 3.05) is 46.3 Å². The van der Waals surface area contributed by atoms with Crippen molar-refractivity contribution in [1.29, 1.82) is 0 Å². The summed E-state index contributed by atoms with van der Waals surface area (Å²) in [7, 11) is 7.11. The van der Waals surface area contributed by atoms with Gasteiger partial charge in [0.2, 0.25) is 5.91 Å². The number of nitrogens with zero attached hydrogens (tertiary/aromatic N) is 2. The van der Waals surface area contributed by atoms with Gasteiger partial charge in [0.05, 0.1) is 25.2 Å². The van der Waals surface area contributed by atoms with Crippen LogP contribution >= 0.6 is 0 Å². The first-order valence-electron chi connectivity index (χ1n) is 12.7. The number of amides is 1. The van der Waals surface area contributed by atoms with Crippen molar-refractivity contribution in [1.82, 2.24) is 4.90 Å². The molecule has 1 amide bonds. The fourth-order valence-corrected chi connectivity index (χ4v) is 5.68. The minimum absolute atomic E-state index is 0.0595. The van der Waals surface area contributed by atoms with Crippen LogP contribution in [0, 0.1) is 11.8 Å². The van der Waals surface area contributed by atoms with Gasteiger partial charge in [0.25, 0.3) is 0 Å². The minimum atomic E-state index is -2.56. The molecule has 0 fully saturated rings. The summed E-state index contributed by atoms with van der Waals surface area (Å²) < 4.78 is 5.95. The van der Waals surface area contributed by atoms with Gasteiger partial charge in [0.1, 0.15) is 11.5 Å². The van der Waals surface area contributed by atoms with E-state index in [1.807, 2.05) is 32.0 Å². The van der Waals surface area contributed by atoms with E-state index in [4.69, 9.17) is 10.5 Å². The van der Waals surface area contributed by atoms with Gasteiger partial charge < -0.3 is 35.6 Å². The Morgan fingerprint density at radius 1 is 1.24 bits per heavy atom. The number of hydrogen-bond donors (Lipinski definition) is 4. The number of ether oxygens (including phenoxy) is 1. The average Bonchev–Trinajstić information content (AvgIpc) is 2.81. The standard InChI is InChI=1S/C27H39N3O7/c1-6-7-10-37-20-9-8-18(29(2)3)16-11-15-12-17(19(14-31)30(4)5)27(36,21(32)13-22(28)33)26(35)23(15)25(34)24(16)20/h8-9,15,17,19,31,35-36H,6-7,10-14H2,1-5H3,(H2,28,33)/t15-,17-,19+,27?/m0/s1. The van der Waals surface area contributed by atoms with Crippen LogP contribution in [0.25, 0.3) is 0 Å². The molecule has 1 unspecified atom stereocenters. The third-order valence-electron chi connectivity index (χ3n) is 7.58. The van der Waals surface area contributed by atoms with E-state index in [1.54, 1.807) is 25.1 Å². The van der Waals surface area contributed by atoms with Crippen LogP contribution in [0.15, 0.2) is 23.5 Å².